The van der Waals surface area contributed by atoms with Gasteiger partial charge in [-0.05, 0) is 108 Å². The number of aryl methyl sites for hydroxylation is 1. The van der Waals surface area contributed by atoms with Crippen LogP contribution in [0.15, 0.2) is 103 Å². The number of ketones is 1. The molecule has 0 radical (unpaired) electrons. The van der Waals surface area contributed by atoms with Gasteiger partial charge in [0, 0.05) is 42.5 Å². The lowest BCUT2D eigenvalue weighted by molar-refractivity contribution is -0.137. The van der Waals surface area contributed by atoms with Crippen molar-refractivity contribution in [2.45, 2.75) is 72.9 Å². The van der Waals surface area contributed by atoms with Crippen molar-refractivity contribution in [1.29, 1.82) is 0 Å². The molecule has 2 heterocycles. The highest BCUT2D eigenvalue weighted by atomic mass is 16.4. The zero-order valence-corrected chi connectivity index (χ0v) is 27.6. The van der Waals surface area contributed by atoms with E-state index in [1.54, 1.807) is 0 Å². The van der Waals surface area contributed by atoms with Crippen LogP contribution in [0.5, 0.6) is 0 Å². The smallest absolute Gasteiger partial charge is 0.303 e. The minimum absolute atomic E-state index is 0.0507. The zero-order valence-electron chi connectivity index (χ0n) is 27.6. The van der Waals surface area contributed by atoms with E-state index in [4.69, 9.17) is 5.11 Å². The number of aromatic nitrogens is 1. The number of hydrogen-bond acceptors (Lipinski definition) is 3. The average Bonchev–Trinajstić information content (AvgIpc) is 3.40. The van der Waals surface area contributed by atoms with Crippen molar-refractivity contribution in [3.05, 3.63) is 142 Å². The zero-order chi connectivity index (χ0) is 32.6. The van der Waals surface area contributed by atoms with Crippen molar-refractivity contribution >= 4 is 23.0 Å². The van der Waals surface area contributed by atoms with E-state index in [9.17, 15) is 9.59 Å². The number of carbonyl (C=O) groups is 2. The van der Waals surface area contributed by atoms with Gasteiger partial charge < -0.3 is 14.4 Å². The third-order valence-corrected chi connectivity index (χ3v) is 8.40. The van der Waals surface area contributed by atoms with Gasteiger partial charge in [-0.1, -0.05) is 82.3 Å². The van der Waals surface area contributed by atoms with Gasteiger partial charge in [0.15, 0.2) is 0 Å². The average molecular weight is 615 g/mol. The summed E-state index contributed by atoms with van der Waals surface area (Å²) >= 11 is 0. The van der Waals surface area contributed by atoms with Gasteiger partial charge in [-0.2, -0.15) is 0 Å². The fourth-order valence-electron chi connectivity index (χ4n) is 6.18. The van der Waals surface area contributed by atoms with Crippen LogP contribution in [0.2, 0.25) is 0 Å². The molecular weight excluding hydrogens is 568 g/mol. The molecule has 0 unspecified atom stereocenters. The summed E-state index contributed by atoms with van der Waals surface area (Å²) in [5.74, 6) is 0.386. The van der Waals surface area contributed by atoms with E-state index < -0.39 is 5.97 Å². The van der Waals surface area contributed by atoms with Crippen molar-refractivity contribution in [1.82, 2.24) is 4.40 Å². The van der Waals surface area contributed by atoms with E-state index in [0.29, 0.717) is 35.9 Å². The number of carboxylic acid groups (broad SMARTS) is 1. The molecule has 0 aliphatic heterocycles. The number of anilines is 1. The summed E-state index contributed by atoms with van der Waals surface area (Å²) < 4.78 is 1.92. The van der Waals surface area contributed by atoms with Gasteiger partial charge in [-0.25, -0.2) is 0 Å². The fourth-order valence-corrected chi connectivity index (χ4v) is 6.18. The molecule has 0 spiro atoms. The lowest BCUT2D eigenvalue weighted by Crippen LogP contribution is -2.22. The highest BCUT2D eigenvalue weighted by molar-refractivity contribution is 6.09. The summed E-state index contributed by atoms with van der Waals surface area (Å²) in [6.45, 7) is 10.5. The van der Waals surface area contributed by atoms with Crippen LogP contribution in [0.3, 0.4) is 0 Å². The summed E-state index contributed by atoms with van der Waals surface area (Å²) in [5.41, 5.74) is 9.42. The number of benzene rings is 3. The van der Waals surface area contributed by atoms with Gasteiger partial charge in [0.05, 0.1) is 5.69 Å². The number of nitrogens with zero attached hydrogens (tertiary/aromatic N) is 2. The number of carbonyl (C=O) groups excluding carboxylic acids is 1. The minimum Gasteiger partial charge on any atom is -0.481 e. The number of fused-ring (bicyclic) bond motifs is 1. The molecule has 0 aliphatic carbocycles. The van der Waals surface area contributed by atoms with Gasteiger partial charge in [-0.15, -0.1) is 0 Å². The lowest BCUT2D eigenvalue weighted by atomic mass is 10.0. The van der Waals surface area contributed by atoms with E-state index in [1.807, 2.05) is 47.0 Å². The molecule has 0 saturated carbocycles. The summed E-state index contributed by atoms with van der Waals surface area (Å²) in [4.78, 5) is 27.2. The molecule has 46 heavy (non-hydrogen) atoms. The molecule has 3 aromatic carbocycles. The van der Waals surface area contributed by atoms with Crippen molar-refractivity contribution < 1.29 is 14.7 Å². The molecule has 0 bridgehead atoms. The van der Waals surface area contributed by atoms with Gasteiger partial charge in [0.25, 0.3) is 0 Å². The minimum atomic E-state index is -0.805. The Kier molecular flexibility index (Phi) is 10.7. The largest absolute Gasteiger partial charge is 0.481 e. The Labute approximate surface area is 273 Å². The van der Waals surface area contributed by atoms with E-state index in [0.717, 1.165) is 42.7 Å². The summed E-state index contributed by atoms with van der Waals surface area (Å²) in [5, 5.41) is 9.09. The maximum absolute atomic E-state index is 13.8. The molecule has 238 valence electrons. The van der Waals surface area contributed by atoms with Crippen LogP contribution < -0.4 is 4.90 Å². The summed E-state index contributed by atoms with van der Waals surface area (Å²) in [6, 6.07) is 33.6. The van der Waals surface area contributed by atoms with Gasteiger partial charge in [0.1, 0.15) is 0 Å². The number of carboxylic acids is 1. The molecule has 1 N–H and O–H groups in total. The van der Waals surface area contributed by atoms with Crippen molar-refractivity contribution in [2.75, 3.05) is 4.90 Å². The Hall–Kier alpha value is -4.64. The SMILES string of the molecule is CC(C)Cc1ccc(CN(Cc2ccc(CC(C)C)cc2)c2ccc(C(=O)c3cc(CCCC(=O)O)c4ccccn34)cc2)cc1. The van der Waals surface area contributed by atoms with Crippen LogP contribution in [0.4, 0.5) is 5.69 Å². The second kappa shape index (κ2) is 15.1. The predicted molar refractivity (Wildman–Crippen MR) is 188 cm³/mol. The fraction of sp³-hybridized carbons (Fsp3) is 0.317. The Morgan fingerprint density at radius 3 is 1.78 bits per heavy atom. The van der Waals surface area contributed by atoms with Crippen molar-refractivity contribution in [3.63, 3.8) is 0 Å². The molecule has 5 heteroatoms. The summed E-state index contributed by atoms with van der Waals surface area (Å²) in [6.07, 6.45) is 5.29. The second-order valence-corrected chi connectivity index (χ2v) is 13.3. The molecule has 5 rings (SSSR count). The Bertz CT molecular complexity index is 1690. The first-order valence-corrected chi connectivity index (χ1v) is 16.5. The maximum Gasteiger partial charge on any atom is 0.303 e. The molecular formula is C41H46N2O3. The van der Waals surface area contributed by atoms with E-state index in [2.05, 4.69) is 93.3 Å². The molecule has 0 amide bonds. The number of aliphatic carboxylic acids is 1. The van der Waals surface area contributed by atoms with Crippen LogP contribution in [0.25, 0.3) is 5.52 Å². The number of pyridine rings is 1. The summed E-state index contributed by atoms with van der Waals surface area (Å²) in [7, 11) is 0. The molecule has 0 aliphatic rings. The third kappa shape index (κ3) is 8.54. The first kappa shape index (κ1) is 32.7. The Morgan fingerprint density at radius 2 is 1.26 bits per heavy atom. The van der Waals surface area contributed by atoms with Crippen LogP contribution in [-0.4, -0.2) is 21.3 Å². The number of hydrogen-bond donors (Lipinski definition) is 1. The van der Waals surface area contributed by atoms with Crippen LogP contribution in [-0.2, 0) is 37.1 Å². The molecule has 0 atom stereocenters. The molecule has 5 nitrogen and oxygen atoms in total. The highest BCUT2D eigenvalue weighted by Gasteiger charge is 2.18. The van der Waals surface area contributed by atoms with Gasteiger partial charge in [0.2, 0.25) is 5.78 Å². The monoisotopic (exact) mass is 614 g/mol. The van der Waals surface area contributed by atoms with Gasteiger partial charge >= 0.3 is 5.97 Å². The van der Waals surface area contributed by atoms with Crippen LogP contribution >= 0.6 is 0 Å². The molecule has 2 aromatic heterocycles. The van der Waals surface area contributed by atoms with Crippen molar-refractivity contribution in [2.24, 2.45) is 11.8 Å². The molecule has 0 fully saturated rings. The van der Waals surface area contributed by atoms with Crippen LogP contribution in [0, 0.1) is 11.8 Å². The predicted octanol–water partition coefficient (Wildman–Crippen LogP) is 9.18. The lowest BCUT2D eigenvalue weighted by Gasteiger charge is -2.26. The first-order chi connectivity index (χ1) is 22.2. The Morgan fingerprint density at radius 1 is 0.717 bits per heavy atom. The van der Waals surface area contributed by atoms with E-state index in [1.165, 1.54) is 22.3 Å². The van der Waals surface area contributed by atoms with E-state index in [-0.39, 0.29) is 12.2 Å². The Balaban J connectivity index is 1.39. The topological polar surface area (TPSA) is 62.0 Å². The maximum atomic E-state index is 13.8. The second-order valence-electron chi connectivity index (χ2n) is 13.3. The first-order valence-electron chi connectivity index (χ1n) is 16.5. The van der Waals surface area contributed by atoms with Crippen molar-refractivity contribution in [3.8, 4) is 0 Å². The van der Waals surface area contributed by atoms with E-state index >= 15 is 0 Å². The van der Waals surface area contributed by atoms with Crippen LogP contribution in [0.1, 0.15) is 84.4 Å². The quantitative estimate of drug-likeness (QED) is 0.119. The normalized spacial score (nSPS) is 11.4. The molecule has 0 saturated heterocycles. The third-order valence-electron chi connectivity index (χ3n) is 8.40. The number of rotatable bonds is 15. The standard InChI is InChI=1S/C41H46N2O3/c1-29(2)24-31-11-15-33(16-12-31)27-42(28-34-17-13-32(14-18-34)25-30(3)4)37-21-19-35(20-22-37)41(46)39-26-36(8-7-10-40(44)45)38-9-5-6-23-43(38)39/h5-6,9,11-23,26,29-30H,7-8,10,24-25,27-28H2,1-4H3,(H,44,45). The highest BCUT2D eigenvalue weighted by Crippen LogP contribution is 2.26. The molecule has 5 aromatic rings. The van der Waals surface area contributed by atoms with Gasteiger partial charge in [-0.3, -0.25) is 9.59 Å².